The van der Waals surface area contributed by atoms with Crippen LogP contribution in [0.5, 0.6) is 0 Å². The first kappa shape index (κ1) is 26.7. The molecule has 3 N–H and O–H groups in total. The standard InChI is InChI=1S/C19H14N4O9S.Na/c24-19(25)11-8-15(22(26)27)18(16(9-11)23(28)29)21-13-6-7-14(17(10-13)33(30,31)32)20-12-4-2-1-3-5-12;/h1-10,20-21H,(H,24,25)(H,30,31,32);/q;+1/p-1. The van der Waals surface area contributed by atoms with Gasteiger partial charge in [0, 0.05) is 23.5 Å². The molecule has 0 spiro atoms. The van der Waals surface area contributed by atoms with Crippen molar-refractivity contribution in [2.75, 3.05) is 10.6 Å². The molecule has 0 atom stereocenters. The molecule has 0 bridgehead atoms. The van der Waals surface area contributed by atoms with Crippen LogP contribution in [0, 0.1) is 20.2 Å². The Bertz CT molecular complexity index is 1350. The van der Waals surface area contributed by atoms with Gasteiger partial charge in [0.1, 0.15) is 10.1 Å². The maximum absolute atomic E-state index is 11.8. The zero-order valence-electron chi connectivity index (χ0n) is 17.3. The van der Waals surface area contributed by atoms with Gasteiger partial charge in [0.05, 0.1) is 26.0 Å². The second kappa shape index (κ2) is 10.6. The minimum Gasteiger partial charge on any atom is -0.744 e. The number of carbonyl (C=O) groups is 1. The predicted molar refractivity (Wildman–Crippen MR) is 114 cm³/mol. The summed E-state index contributed by atoms with van der Waals surface area (Å²) >= 11 is 0. The van der Waals surface area contributed by atoms with Crippen LogP contribution >= 0.6 is 0 Å². The van der Waals surface area contributed by atoms with Crippen molar-refractivity contribution in [3.8, 4) is 0 Å². The van der Waals surface area contributed by atoms with E-state index in [1.54, 1.807) is 30.3 Å². The molecule has 0 saturated carbocycles. The van der Waals surface area contributed by atoms with Gasteiger partial charge < -0.3 is 20.3 Å². The van der Waals surface area contributed by atoms with Crippen molar-refractivity contribution in [2.24, 2.45) is 0 Å². The third-order valence-corrected chi connectivity index (χ3v) is 5.19. The van der Waals surface area contributed by atoms with Crippen molar-refractivity contribution >= 4 is 50.2 Å². The number of carboxylic acids is 1. The molecule has 0 fully saturated rings. The zero-order valence-corrected chi connectivity index (χ0v) is 20.1. The second-order valence-electron chi connectivity index (χ2n) is 6.49. The number of rotatable bonds is 8. The Morgan fingerprint density at radius 1 is 0.853 bits per heavy atom. The Kier molecular flexibility index (Phi) is 8.31. The summed E-state index contributed by atoms with van der Waals surface area (Å²) in [4.78, 5) is 31.3. The first-order chi connectivity index (χ1) is 15.5. The van der Waals surface area contributed by atoms with Gasteiger partial charge in [0.25, 0.3) is 0 Å². The fourth-order valence-corrected chi connectivity index (χ4v) is 3.54. The third kappa shape index (κ3) is 6.06. The molecule has 0 unspecified atom stereocenters. The molecule has 0 radical (unpaired) electrons. The number of para-hydroxylation sites is 1. The molecule has 0 amide bonds. The van der Waals surface area contributed by atoms with Crippen LogP contribution < -0.4 is 40.2 Å². The van der Waals surface area contributed by atoms with Gasteiger partial charge in [-0.05, 0) is 30.3 Å². The number of nitrogens with zero attached hydrogens (tertiary/aromatic N) is 2. The van der Waals surface area contributed by atoms with E-state index in [0.29, 0.717) is 17.8 Å². The van der Waals surface area contributed by atoms with Crippen molar-refractivity contribution in [3.05, 3.63) is 86.5 Å². The van der Waals surface area contributed by atoms with E-state index in [1.165, 1.54) is 12.1 Å². The summed E-state index contributed by atoms with van der Waals surface area (Å²) in [5.74, 6) is -1.62. The zero-order chi connectivity index (χ0) is 24.3. The van der Waals surface area contributed by atoms with Gasteiger partial charge in [-0.25, -0.2) is 13.2 Å². The van der Waals surface area contributed by atoms with Crippen LogP contribution in [-0.4, -0.2) is 33.9 Å². The number of nitro groups is 2. The molecule has 0 aliphatic heterocycles. The Morgan fingerprint density at radius 3 is 1.88 bits per heavy atom. The molecule has 3 aromatic carbocycles. The molecular weight excluding hydrogens is 483 g/mol. The van der Waals surface area contributed by atoms with Crippen molar-refractivity contribution in [3.63, 3.8) is 0 Å². The quantitative estimate of drug-likeness (QED) is 0.170. The van der Waals surface area contributed by atoms with E-state index in [2.05, 4.69) is 10.6 Å². The maximum Gasteiger partial charge on any atom is 1.00 e. The van der Waals surface area contributed by atoms with Crippen LogP contribution in [0.1, 0.15) is 10.4 Å². The molecule has 0 heterocycles. The Morgan fingerprint density at radius 2 is 1.41 bits per heavy atom. The molecule has 3 aromatic rings. The van der Waals surface area contributed by atoms with Crippen molar-refractivity contribution in [1.29, 1.82) is 0 Å². The number of hydrogen-bond donors (Lipinski definition) is 3. The van der Waals surface area contributed by atoms with Gasteiger partial charge in [0.2, 0.25) is 0 Å². The Balaban J connectivity index is 0.00000408. The normalized spacial score (nSPS) is 10.6. The van der Waals surface area contributed by atoms with Gasteiger partial charge >= 0.3 is 46.9 Å². The van der Waals surface area contributed by atoms with Gasteiger partial charge in [-0.15, -0.1) is 0 Å². The molecule has 34 heavy (non-hydrogen) atoms. The van der Waals surface area contributed by atoms with Crippen LogP contribution in [0.3, 0.4) is 0 Å². The van der Waals surface area contributed by atoms with Crippen LogP contribution in [-0.2, 0) is 10.1 Å². The first-order valence-electron chi connectivity index (χ1n) is 8.86. The number of nitrogens with one attached hydrogen (secondary N) is 2. The summed E-state index contributed by atoms with van der Waals surface area (Å²) in [6, 6.07) is 12.8. The molecule has 3 rings (SSSR count). The molecule has 0 aromatic heterocycles. The van der Waals surface area contributed by atoms with E-state index in [0.717, 1.165) is 6.07 Å². The summed E-state index contributed by atoms with van der Waals surface area (Å²) in [5, 5.41) is 37.1. The topological polar surface area (TPSA) is 205 Å². The van der Waals surface area contributed by atoms with E-state index < -0.39 is 53.5 Å². The Labute approximate surface area is 213 Å². The number of aromatic carboxylic acids is 1. The van der Waals surface area contributed by atoms with Gasteiger partial charge in [0.15, 0.2) is 5.69 Å². The van der Waals surface area contributed by atoms with Gasteiger partial charge in [-0.2, -0.15) is 0 Å². The van der Waals surface area contributed by atoms with Crippen LogP contribution in [0.2, 0.25) is 0 Å². The summed E-state index contributed by atoms with van der Waals surface area (Å²) in [6.45, 7) is 0. The minimum absolute atomic E-state index is 0. The average molecular weight is 496 g/mol. The van der Waals surface area contributed by atoms with E-state index in [1.807, 2.05) is 0 Å². The van der Waals surface area contributed by atoms with E-state index in [4.69, 9.17) is 5.11 Å². The molecule has 0 saturated heterocycles. The fraction of sp³-hybridized carbons (Fsp3) is 0. The average Bonchev–Trinajstić information content (AvgIpc) is 2.74. The number of anilines is 4. The molecule has 0 aliphatic carbocycles. The van der Waals surface area contributed by atoms with E-state index in [9.17, 15) is 38.0 Å². The minimum atomic E-state index is -5.04. The molecule has 13 nitrogen and oxygen atoms in total. The maximum atomic E-state index is 11.8. The summed E-state index contributed by atoms with van der Waals surface area (Å²) < 4.78 is 35.4. The largest absolute Gasteiger partial charge is 1.00 e. The van der Waals surface area contributed by atoms with Crippen molar-refractivity contribution in [1.82, 2.24) is 0 Å². The summed E-state index contributed by atoms with van der Waals surface area (Å²) in [5.41, 5.74) is -3.06. The van der Waals surface area contributed by atoms with Crippen LogP contribution in [0.25, 0.3) is 0 Å². The van der Waals surface area contributed by atoms with Crippen molar-refractivity contribution in [2.45, 2.75) is 4.90 Å². The van der Waals surface area contributed by atoms with Gasteiger partial charge in [-0.3, -0.25) is 20.2 Å². The number of hydrogen-bond acceptors (Lipinski definition) is 10. The third-order valence-electron chi connectivity index (χ3n) is 4.31. The fourth-order valence-electron chi connectivity index (χ4n) is 2.88. The van der Waals surface area contributed by atoms with Crippen LogP contribution in [0.15, 0.2) is 65.6 Å². The first-order valence-corrected chi connectivity index (χ1v) is 10.3. The summed E-state index contributed by atoms with van der Waals surface area (Å²) in [6.07, 6.45) is 0. The number of benzene rings is 3. The molecule has 15 heteroatoms. The van der Waals surface area contributed by atoms with E-state index in [-0.39, 0.29) is 40.9 Å². The molecular formula is C19H13N4NaO9S. The SMILES string of the molecule is O=C(O)c1cc([N+](=O)[O-])c(Nc2ccc(Nc3ccccc3)c(S(=O)(=O)[O-])c2)c([N+](=O)[O-])c1.[Na+]. The second-order valence-corrected chi connectivity index (χ2v) is 7.84. The number of nitro benzene ring substituents is 2. The monoisotopic (exact) mass is 496 g/mol. The van der Waals surface area contributed by atoms with Crippen LogP contribution in [0.4, 0.5) is 34.1 Å². The molecule has 0 aliphatic rings. The smallest absolute Gasteiger partial charge is 0.744 e. The number of carboxylic acid groups (broad SMARTS) is 1. The van der Waals surface area contributed by atoms with E-state index >= 15 is 0 Å². The molecule has 170 valence electrons. The summed E-state index contributed by atoms with van der Waals surface area (Å²) in [7, 11) is -5.04. The predicted octanol–water partition coefficient (Wildman–Crippen LogP) is 0.596. The van der Waals surface area contributed by atoms with Crippen molar-refractivity contribution < 1.29 is 62.3 Å². The Hall–Kier alpha value is -3.56. The van der Waals surface area contributed by atoms with Gasteiger partial charge in [-0.1, -0.05) is 18.2 Å².